The van der Waals surface area contributed by atoms with Gasteiger partial charge in [0.25, 0.3) is 0 Å². The second-order valence-electron chi connectivity index (χ2n) is 4.72. The summed E-state index contributed by atoms with van der Waals surface area (Å²) in [5.41, 5.74) is 5.82. The first-order valence-corrected chi connectivity index (χ1v) is 6.17. The van der Waals surface area contributed by atoms with Crippen LogP contribution in [-0.2, 0) is 0 Å². The molecular formula is C17H15N. The van der Waals surface area contributed by atoms with E-state index in [2.05, 4.69) is 62.4 Å². The highest BCUT2D eigenvalue weighted by atomic mass is 14.7. The van der Waals surface area contributed by atoms with Crippen molar-refractivity contribution < 1.29 is 0 Å². The molecule has 88 valence electrons. The van der Waals surface area contributed by atoms with Crippen molar-refractivity contribution in [3.05, 3.63) is 65.7 Å². The maximum atomic E-state index is 4.79. The number of nitrogens with zero attached hydrogens (tertiary/aromatic N) is 1. The van der Waals surface area contributed by atoms with Crippen molar-refractivity contribution >= 4 is 10.9 Å². The van der Waals surface area contributed by atoms with Crippen molar-refractivity contribution in [2.45, 2.75) is 13.8 Å². The molecule has 18 heavy (non-hydrogen) atoms. The number of hydrogen-bond acceptors (Lipinski definition) is 1. The number of rotatable bonds is 1. The second kappa shape index (κ2) is 4.26. The second-order valence-corrected chi connectivity index (χ2v) is 4.72. The lowest BCUT2D eigenvalue weighted by Crippen LogP contribution is -1.90. The summed E-state index contributed by atoms with van der Waals surface area (Å²) in [6, 6.07) is 19.0. The van der Waals surface area contributed by atoms with Crippen LogP contribution in [0.5, 0.6) is 0 Å². The quantitative estimate of drug-likeness (QED) is 0.602. The Bertz CT molecular complexity index is 714. The zero-order chi connectivity index (χ0) is 12.5. The summed E-state index contributed by atoms with van der Waals surface area (Å²) in [7, 11) is 0. The van der Waals surface area contributed by atoms with Gasteiger partial charge in [0.2, 0.25) is 0 Å². The van der Waals surface area contributed by atoms with Gasteiger partial charge in [-0.2, -0.15) is 0 Å². The predicted molar refractivity (Wildman–Crippen MR) is 76.7 cm³/mol. The maximum absolute atomic E-state index is 4.79. The van der Waals surface area contributed by atoms with E-state index in [1.165, 1.54) is 22.1 Å². The Hall–Kier alpha value is -2.15. The number of aryl methyl sites for hydroxylation is 2. The van der Waals surface area contributed by atoms with Gasteiger partial charge in [-0.1, -0.05) is 42.0 Å². The van der Waals surface area contributed by atoms with Gasteiger partial charge < -0.3 is 0 Å². The van der Waals surface area contributed by atoms with Gasteiger partial charge >= 0.3 is 0 Å². The van der Waals surface area contributed by atoms with Crippen LogP contribution in [-0.4, -0.2) is 4.98 Å². The van der Waals surface area contributed by atoms with Gasteiger partial charge in [0, 0.05) is 10.9 Å². The van der Waals surface area contributed by atoms with E-state index < -0.39 is 0 Å². The van der Waals surface area contributed by atoms with Crippen LogP contribution in [0.4, 0.5) is 0 Å². The van der Waals surface area contributed by atoms with Crippen LogP contribution in [0.25, 0.3) is 22.2 Å². The number of para-hydroxylation sites is 1. The molecule has 0 saturated carbocycles. The number of hydrogen-bond donors (Lipinski definition) is 0. The number of fused-ring (bicyclic) bond motifs is 1. The first-order valence-electron chi connectivity index (χ1n) is 6.17. The van der Waals surface area contributed by atoms with E-state index in [1.807, 2.05) is 6.07 Å². The SMILES string of the molecule is Cc1cccc(-c2nc3ccccc3cc2C)c1. The Kier molecular flexibility index (Phi) is 2.60. The molecule has 1 heteroatoms. The lowest BCUT2D eigenvalue weighted by atomic mass is 10.0. The van der Waals surface area contributed by atoms with E-state index >= 15 is 0 Å². The largest absolute Gasteiger partial charge is 0.248 e. The van der Waals surface area contributed by atoms with Crippen molar-refractivity contribution in [1.29, 1.82) is 0 Å². The molecule has 0 radical (unpaired) electrons. The van der Waals surface area contributed by atoms with E-state index in [0.29, 0.717) is 0 Å². The smallest absolute Gasteiger partial charge is 0.0738 e. The molecule has 0 fully saturated rings. The lowest BCUT2D eigenvalue weighted by Gasteiger charge is -2.08. The predicted octanol–water partition coefficient (Wildman–Crippen LogP) is 4.52. The molecule has 0 bridgehead atoms. The summed E-state index contributed by atoms with van der Waals surface area (Å²) < 4.78 is 0. The molecule has 0 aliphatic carbocycles. The number of pyridine rings is 1. The zero-order valence-corrected chi connectivity index (χ0v) is 10.6. The van der Waals surface area contributed by atoms with E-state index in [4.69, 9.17) is 4.98 Å². The van der Waals surface area contributed by atoms with Crippen molar-refractivity contribution in [3.8, 4) is 11.3 Å². The van der Waals surface area contributed by atoms with E-state index in [1.54, 1.807) is 0 Å². The molecule has 3 rings (SSSR count). The highest BCUT2D eigenvalue weighted by molar-refractivity contribution is 5.83. The van der Waals surface area contributed by atoms with Gasteiger partial charge in [-0.25, -0.2) is 4.98 Å². The van der Waals surface area contributed by atoms with Crippen molar-refractivity contribution in [2.24, 2.45) is 0 Å². The Morgan fingerprint density at radius 3 is 2.50 bits per heavy atom. The lowest BCUT2D eigenvalue weighted by molar-refractivity contribution is 1.32. The molecule has 1 aromatic heterocycles. The Morgan fingerprint density at radius 2 is 1.67 bits per heavy atom. The van der Waals surface area contributed by atoms with Crippen LogP contribution in [0.2, 0.25) is 0 Å². The molecule has 0 aliphatic rings. The molecule has 0 aliphatic heterocycles. The van der Waals surface area contributed by atoms with E-state index in [-0.39, 0.29) is 0 Å². The molecule has 0 spiro atoms. The molecule has 3 aromatic rings. The average molecular weight is 233 g/mol. The standard InChI is InChI=1S/C17H15N/c1-12-6-5-8-15(10-12)17-13(2)11-14-7-3-4-9-16(14)18-17/h3-11H,1-2H3. The molecule has 1 nitrogen and oxygen atoms in total. The molecule has 2 aromatic carbocycles. The Labute approximate surface area is 107 Å². The molecule has 0 unspecified atom stereocenters. The van der Waals surface area contributed by atoms with Gasteiger partial charge in [-0.3, -0.25) is 0 Å². The fourth-order valence-corrected chi connectivity index (χ4v) is 2.31. The maximum Gasteiger partial charge on any atom is 0.0738 e. The molecule has 0 saturated heterocycles. The van der Waals surface area contributed by atoms with Crippen molar-refractivity contribution in [1.82, 2.24) is 4.98 Å². The van der Waals surface area contributed by atoms with Crippen LogP contribution >= 0.6 is 0 Å². The summed E-state index contributed by atoms with van der Waals surface area (Å²) in [5.74, 6) is 0. The minimum absolute atomic E-state index is 1.06. The number of aromatic nitrogens is 1. The van der Waals surface area contributed by atoms with Gasteiger partial charge in [-0.15, -0.1) is 0 Å². The highest BCUT2D eigenvalue weighted by Gasteiger charge is 2.05. The van der Waals surface area contributed by atoms with Gasteiger partial charge in [0.1, 0.15) is 0 Å². The summed E-state index contributed by atoms with van der Waals surface area (Å²) in [6.45, 7) is 4.23. The van der Waals surface area contributed by atoms with Crippen LogP contribution in [0.15, 0.2) is 54.6 Å². The van der Waals surface area contributed by atoms with Gasteiger partial charge in [0.05, 0.1) is 11.2 Å². The van der Waals surface area contributed by atoms with E-state index in [9.17, 15) is 0 Å². The summed E-state index contributed by atoms with van der Waals surface area (Å²) in [5, 5.41) is 1.20. The summed E-state index contributed by atoms with van der Waals surface area (Å²) in [4.78, 5) is 4.79. The highest BCUT2D eigenvalue weighted by Crippen LogP contribution is 2.25. The first kappa shape index (κ1) is 11.0. The molecule has 1 heterocycles. The molecular weight excluding hydrogens is 218 g/mol. The van der Waals surface area contributed by atoms with Crippen LogP contribution < -0.4 is 0 Å². The summed E-state index contributed by atoms with van der Waals surface area (Å²) >= 11 is 0. The number of benzene rings is 2. The monoisotopic (exact) mass is 233 g/mol. The molecule has 0 N–H and O–H groups in total. The van der Waals surface area contributed by atoms with Crippen molar-refractivity contribution in [3.63, 3.8) is 0 Å². The third-order valence-electron chi connectivity index (χ3n) is 3.21. The Balaban J connectivity index is 2.26. The van der Waals surface area contributed by atoms with Crippen molar-refractivity contribution in [2.75, 3.05) is 0 Å². The first-order chi connectivity index (χ1) is 8.74. The fraction of sp³-hybridized carbons (Fsp3) is 0.118. The van der Waals surface area contributed by atoms with Crippen LogP contribution in [0.1, 0.15) is 11.1 Å². The summed E-state index contributed by atoms with van der Waals surface area (Å²) in [6.07, 6.45) is 0. The third kappa shape index (κ3) is 1.88. The Morgan fingerprint density at radius 1 is 0.833 bits per heavy atom. The van der Waals surface area contributed by atoms with E-state index in [0.717, 1.165) is 11.2 Å². The molecule has 0 amide bonds. The zero-order valence-electron chi connectivity index (χ0n) is 10.6. The van der Waals surface area contributed by atoms with Gasteiger partial charge in [0.15, 0.2) is 0 Å². The average Bonchev–Trinajstić information content (AvgIpc) is 2.38. The normalized spacial score (nSPS) is 10.8. The third-order valence-corrected chi connectivity index (χ3v) is 3.21. The minimum atomic E-state index is 1.06. The minimum Gasteiger partial charge on any atom is -0.248 e. The van der Waals surface area contributed by atoms with Crippen LogP contribution in [0.3, 0.4) is 0 Å². The fourth-order valence-electron chi connectivity index (χ4n) is 2.31. The molecule has 0 atom stereocenters. The topological polar surface area (TPSA) is 12.9 Å². The van der Waals surface area contributed by atoms with Gasteiger partial charge in [-0.05, 0) is 37.6 Å². The van der Waals surface area contributed by atoms with Crippen LogP contribution in [0, 0.1) is 13.8 Å².